The third-order valence-corrected chi connectivity index (χ3v) is 6.86. The quantitative estimate of drug-likeness (QED) is 0.869. The zero-order valence-corrected chi connectivity index (χ0v) is 16.2. The number of aryl methyl sites for hydroxylation is 2. The minimum absolute atomic E-state index is 0.0408. The van der Waals surface area contributed by atoms with Gasteiger partial charge in [-0.05, 0) is 74.2 Å². The first kappa shape index (κ1) is 19.5. The van der Waals surface area contributed by atoms with Crippen molar-refractivity contribution in [2.75, 3.05) is 18.4 Å². The van der Waals surface area contributed by atoms with E-state index in [-0.39, 0.29) is 17.3 Å². The van der Waals surface area contributed by atoms with Crippen LogP contribution in [0.2, 0.25) is 0 Å². The van der Waals surface area contributed by atoms with Gasteiger partial charge in [0.1, 0.15) is 5.82 Å². The van der Waals surface area contributed by atoms with E-state index in [1.54, 1.807) is 0 Å². The maximum Gasteiger partial charge on any atom is 0.243 e. The molecule has 1 fully saturated rings. The molecule has 0 saturated carbocycles. The summed E-state index contributed by atoms with van der Waals surface area (Å²) >= 11 is 0. The van der Waals surface area contributed by atoms with Crippen LogP contribution in [-0.2, 0) is 14.8 Å². The molecule has 2 aromatic carbocycles. The van der Waals surface area contributed by atoms with Crippen molar-refractivity contribution >= 4 is 21.6 Å². The molecule has 144 valence electrons. The third kappa shape index (κ3) is 4.36. The van der Waals surface area contributed by atoms with Crippen LogP contribution >= 0.6 is 0 Å². The number of carbonyl (C=O) groups excluding carboxylic acids is 1. The van der Waals surface area contributed by atoms with E-state index < -0.39 is 21.8 Å². The van der Waals surface area contributed by atoms with E-state index >= 15 is 0 Å². The molecule has 0 unspecified atom stereocenters. The third-order valence-electron chi connectivity index (χ3n) is 4.98. The number of amides is 1. The summed E-state index contributed by atoms with van der Waals surface area (Å²) in [6.45, 7) is 4.45. The Labute approximate surface area is 159 Å². The van der Waals surface area contributed by atoms with E-state index in [2.05, 4.69) is 5.32 Å². The van der Waals surface area contributed by atoms with Crippen LogP contribution in [0.4, 0.5) is 10.1 Å². The predicted molar refractivity (Wildman–Crippen MR) is 102 cm³/mol. The van der Waals surface area contributed by atoms with Crippen LogP contribution in [0.5, 0.6) is 0 Å². The molecule has 0 bridgehead atoms. The lowest BCUT2D eigenvalue weighted by Crippen LogP contribution is -2.43. The first-order valence-corrected chi connectivity index (χ1v) is 10.4. The molecule has 1 atom stereocenters. The second-order valence-electron chi connectivity index (χ2n) is 6.94. The molecule has 0 spiro atoms. The van der Waals surface area contributed by atoms with E-state index in [1.165, 1.54) is 16.4 Å². The Morgan fingerprint density at radius 2 is 1.81 bits per heavy atom. The number of anilines is 1. The zero-order chi connectivity index (χ0) is 19.6. The summed E-state index contributed by atoms with van der Waals surface area (Å²) < 4.78 is 40.0. The second-order valence-corrected chi connectivity index (χ2v) is 8.88. The maximum atomic E-state index is 13.1. The summed E-state index contributed by atoms with van der Waals surface area (Å²) in [5.41, 5.74) is 2.93. The summed E-state index contributed by atoms with van der Waals surface area (Å²) in [6.07, 6.45) is 1.23. The van der Waals surface area contributed by atoms with Crippen molar-refractivity contribution in [3.63, 3.8) is 0 Å². The van der Waals surface area contributed by atoms with E-state index in [0.717, 1.165) is 23.3 Å². The lowest BCUT2D eigenvalue weighted by atomic mass is 9.98. The van der Waals surface area contributed by atoms with Gasteiger partial charge in [0.2, 0.25) is 15.9 Å². The number of rotatable bonds is 4. The molecule has 1 aliphatic heterocycles. The molecule has 1 heterocycles. The van der Waals surface area contributed by atoms with Gasteiger partial charge in [-0.2, -0.15) is 4.31 Å². The van der Waals surface area contributed by atoms with Crippen molar-refractivity contribution in [3.8, 4) is 0 Å². The van der Waals surface area contributed by atoms with Gasteiger partial charge in [0.15, 0.2) is 0 Å². The fourth-order valence-electron chi connectivity index (χ4n) is 3.19. The van der Waals surface area contributed by atoms with E-state index in [4.69, 9.17) is 0 Å². The SMILES string of the molecule is Cc1ccc(NC(=O)[C@H]2CCCN(S(=O)(=O)c3ccc(F)cc3)C2)cc1C. The zero-order valence-electron chi connectivity index (χ0n) is 15.4. The van der Waals surface area contributed by atoms with Gasteiger partial charge in [-0.3, -0.25) is 4.79 Å². The number of nitrogens with one attached hydrogen (secondary N) is 1. The summed E-state index contributed by atoms with van der Waals surface area (Å²) in [5, 5.41) is 2.89. The Morgan fingerprint density at radius 1 is 1.11 bits per heavy atom. The average Bonchev–Trinajstić information content (AvgIpc) is 2.65. The van der Waals surface area contributed by atoms with Gasteiger partial charge in [-0.1, -0.05) is 6.07 Å². The summed E-state index contributed by atoms with van der Waals surface area (Å²) in [6, 6.07) is 10.4. The molecule has 1 amide bonds. The molecule has 3 rings (SSSR count). The molecule has 7 heteroatoms. The fourth-order valence-corrected chi connectivity index (χ4v) is 4.72. The van der Waals surface area contributed by atoms with Crippen LogP contribution in [-0.4, -0.2) is 31.7 Å². The molecule has 27 heavy (non-hydrogen) atoms. The van der Waals surface area contributed by atoms with E-state index in [0.29, 0.717) is 25.1 Å². The first-order valence-electron chi connectivity index (χ1n) is 8.91. The normalized spacial score (nSPS) is 18.3. The molecule has 0 aromatic heterocycles. The van der Waals surface area contributed by atoms with Crippen LogP contribution in [0.1, 0.15) is 24.0 Å². The lowest BCUT2D eigenvalue weighted by molar-refractivity contribution is -0.120. The summed E-state index contributed by atoms with van der Waals surface area (Å²) in [4.78, 5) is 12.7. The highest BCUT2D eigenvalue weighted by Crippen LogP contribution is 2.25. The summed E-state index contributed by atoms with van der Waals surface area (Å²) in [7, 11) is -3.74. The topological polar surface area (TPSA) is 66.5 Å². The van der Waals surface area contributed by atoms with Crippen molar-refractivity contribution in [1.29, 1.82) is 0 Å². The number of halogens is 1. The van der Waals surface area contributed by atoms with Crippen LogP contribution in [0.15, 0.2) is 47.4 Å². The van der Waals surface area contributed by atoms with Gasteiger partial charge in [0.25, 0.3) is 0 Å². The second kappa shape index (κ2) is 7.78. The fraction of sp³-hybridized carbons (Fsp3) is 0.350. The first-order chi connectivity index (χ1) is 12.8. The van der Waals surface area contributed by atoms with Crippen molar-refractivity contribution in [1.82, 2.24) is 4.31 Å². The van der Waals surface area contributed by atoms with Gasteiger partial charge in [0, 0.05) is 18.8 Å². The highest BCUT2D eigenvalue weighted by Gasteiger charge is 2.33. The number of hydrogen-bond donors (Lipinski definition) is 1. The highest BCUT2D eigenvalue weighted by atomic mass is 32.2. The Hall–Kier alpha value is -2.25. The molecule has 1 aliphatic rings. The Balaban J connectivity index is 1.72. The van der Waals surface area contributed by atoms with Crippen molar-refractivity contribution in [2.24, 2.45) is 5.92 Å². The van der Waals surface area contributed by atoms with Crippen molar-refractivity contribution in [2.45, 2.75) is 31.6 Å². The smallest absolute Gasteiger partial charge is 0.243 e. The molecule has 1 N–H and O–H groups in total. The van der Waals surface area contributed by atoms with Gasteiger partial charge >= 0.3 is 0 Å². The highest BCUT2D eigenvalue weighted by molar-refractivity contribution is 7.89. The number of nitrogens with zero attached hydrogens (tertiary/aromatic N) is 1. The minimum atomic E-state index is -3.74. The van der Waals surface area contributed by atoms with Crippen molar-refractivity contribution in [3.05, 3.63) is 59.4 Å². The minimum Gasteiger partial charge on any atom is -0.326 e. The number of carbonyl (C=O) groups is 1. The number of hydrogen-bond acceptors (Lipinski definition) is 3. The molecular weight excluding hydrogens is 367 g/mol. The van der Waals surface area contributed by atoms with Crippen LogP contribution in [0, 0.1) is 25.6 Å². The summed E-state index contributed by atoms with van der Waals surface area (Å²) in [5.74, 6) is -1.09. The Morgan fingerprint density at radius 3 is 2.48 bits per heavy atom. The average molecular weight is 390 g/mol. The Kier molecular flexibility index (Phi) is 5.62. The maximum absolute atomic E-state index is 13.1. The monoisotopic (exact) mass is 390 g/mol. The standard InChI is InChI=1S/C20H23FN2O3S/c1-14-5-8-18(12-15(14)2)22-20(24)16-4-3-11-23(13-16)27(25,26)19-9-6-17(21)7-10-19/h5-10,12,16H,3-4,11,13H2,1-2H3,(H,22,24)/t16-/m0/s1. The van der Waals surface area contributed by atoms with E-state index in [1.807, 2.05) is 32.0 Å². The van der Waals surface area contributed by atoms with Gasteiger partial charge in [0.05, 0.1) is 10.8 Å². The van der Waals surface area contributed by atoms with Gasteiger partial charge in [-0.25, -0.2) is 12.8 Å². The molecule has 2 aromatic rings. The molecule has 0 aliphatic carbocycles. The van der Waals surface area contributed by atoms with Gasteiger partial charge in [-0.15, -0.1) is 0 Å². The lowest BCUT2D eigenvalue weighted by Gasteiger charge is -2.31. The van der Waals surface area contributed by atoms with E-state index in [9.17, 15) is 17.6 Å². The van der Waals surface area contributed by atoms with Crippen LogP contribution in [0.3, 0.4) is 0 Å². The molecular formula is C20H23FN2O3S. The molecule has 5 nitrogen and oxygen atoms in total. The molecule has 1 saturated heterocycles. The Bertz CT molecular complexity index is 942. The largest absolute Gasteiger partial charge is 0.326 e. The predicted octanol–water partition coefficient (Wildman–Crippen LogP) is 3.48. The van der Waals surface area contributed by atoms with Crippen LogP contribution in [0.25, 0.3) is 0 Å². The van der Waals surface area contributed by atoms with Crippen LogP contribution < -0.4 is 5.32 Å². The number of benzene rings is 2. The molecule has 0 radical (unpaired) electrons. The number of sulfonamides is 1. The van der Waals surface area contributed by atoms with Gasteiger partial charge < -0.3 is 5.32 Å². The van der Waals surface area contributed by atoms with Crippen molar-refractivity contribution < 1.29 is 17.6 Å². The number of piperidine rings is 1.